The van der Waals surface area contributed by atoms with Gasteiger partial charge in [0.2, 0.25) is 0 Å². The fourth-order valence-corrected chi connectivity index (χ4v) is 0.882. The molecule has 0 aliphatic rings. The number of hydrogen-bond acceptors (Lipinski definition) is 5. The molecule has 3 N–H and O–H groups in total. The maximum Gasteiger partial charge on any atom is 0.191 e. The molecule has 5 nitrogen and oxygen atoms in total. The highest BCUT2D eigenvalue weighted by Crippen LogP contribution is 2.11. The second-order valence-electron chi connectivity index (χ2n) is 3.81. The summed E-state index contributed by atoms with van der Waals surface area (Å²) >= 11 is 0. The van der Waals surface area contributed by atoms with E-state index >= 15 is 0 Å². The molecular formula is C10H22O5. The molecule has 0 bridgehead atoms. The Labute approximate surface area is 90.6 Å². The Bertz CT molecular complexity index is 158. The summed E-state index contributed by atoms with van der Waals surface area (Å²) in [5, 5.41) is 27.8. The molecule has 0 saturated heterocycles. The number of ether oxygens (including phenoxy) is 2. The lowest BCUT2D eigenvalue weighted by atomic mass is 10.2. The third-order valence-corrected chi connectivity index (χ3v) is 2.14. The van der Waals surface area contributed by atoms with Crippen LogP contribution in [-0.2, 0) is 9.47 Å². The number of aliphatic hydroxyl groups is 3. The Hall–Kier alpha value is -0.200. The normalized spacial score (nSPS) is 19.6. The van der Waals surface area contributed by atoms with Crippen molar-refractivity contribution in [3.8, 4) is 0 Å². The first-order valence-electron chi connectivity index (χ1n) is 5.20. The lowest BCUT2D eigenvalue weighted by Crippen LogP contribution is -2.40. The zero-order valence-corrected chi connectivity index (χ0v) is 9.64. The molecule has 0 radical (unpaired) electrons. The van der Waals surface area contributed by atoms with Gasteiger partial charge in [-0.15, -0.1) is 0 Å². The van der Waals surface area contributed by atoms with Crippen LogP contribution in [0, 0.1) is 0 Å². The van der Waals surface area contributed by atoms with Gasteiger partial charge in [0.1, 0.15) is 12.9 Å². The largest absolute Gasteiger partial charge is 0.391 e. The van der Waals surface area contributed by atoms with Crippen LogP contribution in [0.2, 0.25) is 0 Å². The fourth-order valence-electron chi connectivity index (χ4n) is 0.882. The molecule has 0 heterocycles. The molecule has 0 spiro atoms. The van der Waals surface area contributed by atoms with Crippen LogP contribution in [0.25, 0.3) is 0 Å². The Kier molecular flexibility index (Phi) is 7.04. The summed E-state index contributed by atoms with van der Waals surface area (Å²) in [4.78, 5) is 0. The monoisotopic (exact) mass is 222 g/mol. The molecule has 0 aromatic heterocycles. The average Bonchev–Trinajstić information content (AvgIpc) is 2.13. The van der Waals surface area contributed by atoms with E-state index < -0.39 is 18.0 Å². The molecule has 0 fully saturated rings. The predicted molar refractivity (Wildman–Crippen MR) is 55.1 cm³/mol. The molecule has 5 heteroatoms. The van der Waals surface area contributed by atoms with Gasteiger partial charge in [-0.2, -0.15) is 0 Å². The number of rotatable bonds is 8. The van der Waals surface area contributed by atoms with E-state index in [-0.39, 0.29) is 13.4 Å². The van der Waals surface area contributed by atoms with Gasteiger partial charge in [-0.05, 0) is 20.3 Å². The van der Waals surface area contributed by atoms with Gasteiger partial charge in [0.25, 0.3) is 0 Å². The van der Waals surface area contributed by atoms with E-state index in [1.165, 1.54) is 13.8 Å². The smallest absolute Gasteiger partial charge is 0.191 e. The quantitative estimate of drug-likeness (QED) is 0.404. The van der Waals surface area contributed by atoms with E-state index in [0.29, 0.717) is 6.42 Å². The third-order valence-electron chi connectivity index (χ3n) is 2.14. The van der Waals surface area contributed by atoms with Crippen LogP contribution in [0.1, 0.15) is 33.6 Å². The third kappa shape index (κ3) is 6.81. The first-order valence-corrected chi connectivity index (χ1v) is 5.20. The van der Waals surface area contributed by atoms with E-state index in [1.807, 2.05) is 6.92 Å². The first kappa shape index (κ1) is 14.8. The van der Waals surface area contributed by atoms with E-state index in [4.69, 9.17) is 14.6 Å². The van der Waals surface area contributed by atoms with Crippen molar-refractivity contribution in [2.24, 2.45) is 0 Å². The van der Waals surface area contributed by atoms with Gasteiger partial charge in [0.05, 0.1) is 12.7 Å². The summed E-state index contributed by atoms with van der Waals surface area (Å²) in [6, 6.07) is 0. The van der Waals surface area contributed by atoms with Crippen molar-refractivity contribution in [3.05, 3.63) is 0 Å². The van der Waals surface area contributed by atoms with Crippen molar-refractivity contribution < 1.29 is 24.8 Å². The Morgan fingerprint density at radius 2 is 1.93 bits per heavy atom. The van der Waals surface area contributed by atoms with Crippen molar-refractivity contribution in [1.82, 2.24) is 0 Å². The lowest BCUT2D eigenvalue weighted by molar-refractivity contribution is -0.276. The lowest BCUT2D eigenvalue weighted by Gasteiger charge is -2.26. The van der Waals surface area contributed by atoms with Gasteiger partial charge < -0.3 is 24.8 Å². The molecule has 0 rings (SSSR count). The average molecular weight is 222 g/mol. The molecule has 3 atom stereocenters. The highest BCUT2D eigenvalue weighted by atomic mass is 16.7. The molecule has 0 aliphatic heterocycles. The summed E-state index contributed by atoms with van der Waals surface area (Å²) in [7, 11) is 0. The zero-order valence-electron chi connectivity index (χ0n) is 9.64. The second kappa shape index (κ2) is 7.14. The van der Waals surface area contributed by atoms with Gasteiger partial charge in [0.15, 0.2) is 5.79 Å². The van der Waals surface area contributed by atoms with Crippen LogP contribution >= 0.6 is 0 Å². The summed E-state index contributed by atoms with van der Waals surface area (Å²) in [6.07, 6.45) is 0.0561. The van der Waals surface area contributed by atoms with Gasteiger partial charge in [0, 0.05) is 0 Å². The minimum absolute atomic E-state index is 0.154. The van der Waals surface area contributed by atoms with Crippen LogP contribution in [0.3, 0.4) is 0 Å². The SMILES string of the molecule is CCCC(O)COCOC(C)(O)C(C)O. The van der Waals surface area contributed by atoms with Gasteiger partial charge >= 0.3 is 0 Å². The Morgan fingerprint density at radius 3 is 2.40 bits per heavy atom. The van der Waals surface area contributed by atoms with Crippen LogP contribution in [-0.4, -0.2) is 46.7 Å². The van der Waals surface area contributed by atoms with Crippen molar-refractivity contribution in [1.29, 1.82) is 0 Å². The number of hydrogen-bond donors (Lipinski definition) is 3. The molecule has 0 aromatic rings. The van der Waals surface area contributed by atoms with E-state index in [0.717, 1.165) is 6.42 Å². The minimum atomic E-state index is -1.62. The van der Waals surface area contributed by atoms with E-state index in [2.05, 4.69) is 0 Å². The van der Waals surface area contributed by atoms with E-state index in [1.54, 1.807) is 0 Å². The highest BCUT2D eigenvalue weighted by Gasteiger charge is 2.27. The predicted octanol–water partition coefficient (Wildman–Crippen LogP) is 0.227. The maximum absolute atomic E-state index is 9.45. The minimum Gasteiger partial charge on any atom is -0.391 e. The highest BCUT2D eigenvalue weighted by molar-refractivity contribution is 4.65. The van der Waals surface area contributed by atoms with Crippen molar-refractivity contribution >= 4 is 0 Å². The molecule has 3 unspecified atom stereocenters. The second-order valence-corrected chi connectivity index (χ2v) is 3.81. The molecule has 0 saturated carbocycles. The summed E-state index contributed by atoms with van der Waals surface area (Å²) in [6.45, 7) is 4.76. The van der Waals surface area contributed by atoms with Crippen molar-refractivity contribution in [3.63, 3.8) is 0 Å². The van der Waals surface area contributed by atoms with Crippen LogP contribution in [0.5, 0.6) is 0 Å². The van der Waals surface area contributed by atoms with Crippen LogP contribution in [0.15, 0.2) is 0 Å². The Balaban J connectivity index is 3.54. The summed E-state index contributed by atoms with van der Waals surface area (Å²) in [5.74, 6) is -1.62. The van der Waals surface area contributed by atoms with Crippen LogP contribution in [0.4, 0.5) is 0 Å². The molecule has 0 aliphatic carbocycles. The molecule has 92 valence electrons. The molecule has 0 amide bonds. The Morgan fingerprint density at radius 1 is 1.33 bits per heavy atom. The molecular weight excluding hydrogens is 200 g/mol. The summed E-state index contributed by atoms with van der Waals surface area (Å²) < 4.78 is 9.88. The van der Waals surface area contributed by atoms with Crippen molar-refractivity contribution in [2.75, 3.05) is 13.4 Å². The van der Waals surface area contributed by atoms with Crippen molar-refractivity contribution in [2.45, 2.75) is 51.6 Å². The molecule has 0 aromatic carbocycles. The van der Waals surface area contributed by atoms with Gasteiger partial charge in [-0.1, -0.05) is 13.3 Å². The topological polar surface area (TPSA) is 79.2 Å². The molecule has 15 heavy (non-hydrogen) atoms. The standard InChI is InChI=1S/C10H22O5/c1-4-5-9(12)6-14-7-15-10(3,13)8(2)11/h8-9,11-13H,4-7H2,1-3H3. The summed E-state index contributed by atoms with van der Waals surface area (Å²) in [5.41, 5.74) is 0. The number of aliphatic hydroxyl groups excluding tert-OH is 2. The van der Waals surface area contributed by atoms with Gasteiger partial charge in [-0.25, -0.2) is 0 Å². The first-order chi connectivity index (χ1) is 6.90. The van der Waals surface area contributed by atoms with E-state index in [9.17, 15) is 10.2 Å². The maximum atomic E-state index is 9.45. The van der Waals surface area contributed by atoms with Gasteiger partial charge in [-0.3, -0.25) is 0 Å². The fraction of sp³-hybridized carbons (Fsp3) is 1.00. The van der Waals surface area contributed by atoms with Crippen LogP contribution < -0.4 is 0 Å². The zero-order chi connectivity index (χ0) is 11.9.